The van der Waals surface area contributed by atoms with Crippen molar-refractivity contribution in [2.45, 2.75) is 32.1 Å². The Morgan fingerprint density at radius 3 is 2.83 bits per heavy atom. The monoisotopic (exact) mass is 247 g/mol. The fourth-order valence-corrected chi connectivity index (χ4v) is 3.09. The highest BCUT2D eigenvalue weighted by Gasteiger charge is 2.34. The van der Waals surface area contributed by atoms with Crippen LogP contribution in [0.1, 0.15) is 32.1 Å². The van der Waals surface area contributed by atoms with Crippen molar-refractivity contribution in [3.8, 4) is 11.5 Å². The van der Waals surface area contributed by atoms with Gasteiger partial charge in [-0.3, -0.25) is 0 Å². The maximum Gasteiger partial charge on any atom is 0.142 e. The number of benzene rings is 1. The summed E-state index contributed by atoms with van der Waals surface area (Å²) in [4.78, 5) is 0. The number of nitrogens with one attached hydrogen (secondary N) is 1. The van der Waals surface area contributed by atoms with Crippen LogP contribution in [-0.4, -0.2) is 20.3 Å². The number of ether oxygens (including phenoxy) is 2. The second-order valence-electron chi connectivity index (χ2n) is 5.56. The van der Waals surface area contributed by atoms with Gasteiger partial charge >= 0.3 is 0 Å². The van der Waals surface area contributed by atoms with Crippen molar-refractivity contribution < 1.29 is 9.47 Å². The van der Waals surface area contributed by atoms with Crippen molar-refractivity contribution in [3.05, 3.63) is 18.2 Å². The Labute approximate surface area is 108 Å². The maximum absolute atomic E-state index is 6.02. The lowest BCUT2D eigenvalue weighted by molar-refractivity contribution is 0.115. The summed E-state index contributed by atoms with van der Waals surface area (Å²) in [5, 5.41) is 3.56. The van der Waals surface area contributed by atoms with Gasteiger partial charge in [0.25, 0.3) is 0 Å². The number of fused-ring (bicyclic) bond motifs is 1. The molecule has 1 aliphatic carbocycles. The van der Waals surface area contributed by atoms with E-state index in [4.69, 9.17) is 9.47 Å². The highest BCUT2D eigenvalue weighted by Crippen LogP contribution is 2.41. The van der Waals surface area contributed by atoms with Crippen molar-refractivity contribution in [2.24, 2.45) is 5.41 Å². The molecule has 0 saturated heterocycles. The van der Waals surface area contributed by atoms with Gasteiger partial charge in [-0.2, -0.15) is 0 Å². The van der Waals surface area contributed by atoms with Gasteiger partial charge in [0.15, 0.2) is 0 Å². The second kappa shape index (κ2) is 4.71. The largest absolute Gasteiger partial charge is 0.497 e. The first-order valence-corrected chi connectivity index (χ1v) is 6.86. The summed E-state index contributed by atoms with van der Waals surface area (Å²) < 4.78 is 11.3. The smallest absolute Gasteiger partial charge is 0.142 e. The van der Waals surface area contributed by atoms with Crippen LogP contribution in [0, 0.1) is 5.41 Å². The highest BCUT2D eigenvalue weighted by molar-refractivity contribution is 5.60. The van der Waals surface area contributed by atoms with Crippen molar-refractivity contribution in [3.63, 3.8) is 0 Å². The lowest BCUT2D eigenvalue weighted by atomic mass is 9.74. The van der Waals surface area contributed by atoms with E-state index in [0.29, 0.717) is 5.41 Å². The number of anilines is 1. The minimum Gasteiger partial charge on any atom is -0.497 e. The lowest BCUT2D eigenvalue weighted by Gasteiger charge is -2.35. The zero-order valence-corrected chi connectivity index (χ0v) is 11.0. The molecule has 1 N–H and O–H groups in total. The van der Waals surface area contributed by atoms with E-state index < -0.39 is 0 Å². The SMILES string of the molecule is COc1ccc2c(c1)NCC1(CCCCC1)CO2. The molecule has 0 bridgehead atoms. The van der Waals surface area contributed by atoms with Crippen molar-refractivity contribution in [1.82, 2.24) is 0 Å². The fourth-order valence-electron chi connectivity index (χ4n) is 3.09. The average molecular weight is 247 g/mol. The molecule has 18 heavy (non-hydrogen) atoms. The van der Waals surface area contributed by atoms with Gasteiger partial charge in [-0.25, -0.2) is 0 Å². The molecule has 3 rings (SSSR count). The molecular formula is C15H21NO2. The molecule has 1 aromatic carbocycles. The van der Waals surface area contributed by atoms with Crippen LogP contribution in [0.25, 0.3) is 0 Å². The van der Waals surface area contributed by atoms with Crippen molar-refractivity contribution in [1.29, 1.82) is 0 Å². The Bertz CT molecular complexity index is 425. The summed E-state index contributed by atoms with van der Waals surface area (Å²) in [5.41, 5.74) is 1.40. The zero-order chi connectivity index (χ0) is 12.4. The van der Waals surface area contributed by atoms with Gasteiger partial charge in [0.05, 0.1) is 19.4 Å². The molecule has 0 atom stereocenters. The van der Waals surface area contributed by atoms with E-state index in [9.17, 15) is 0 Å². The lowest BCUT2D eigenvalue weighted by Crippen LogP contribution is -2.36. The molecule has 0 unspecified atom stereocenters. The summed E-state index contributed by atoms with van der Waals surface area (Å²) in [7, 11) is 1.70. The molecule has 0 aromatic heterocycles. The van der Waals surface area contributed by atoms with Crippen LogP contribution in [0.4, 0.5) is 5.69 Å². The molecule has 1 fully saturated rings. The van der Waals surface area contributed by atoms with Crippen LogP contribution in [0.3, 0.4) is 0 Å². The summed E-state index contributed by atoms with van der Waals surface area (Å²) in [6.07, 6.45) is 6.62. The first-order valence-electron chi connectivity index (χ1n) is 6.86. The van der Waals surface area contributed by atoms with E-state index >= 15 is 0 Å². The topological polar surface area (TPSA) is 30.5 Å². The number of hydrogen-bond donors (Lipinski definition) is 1. The van der Waals surface area contributed by atoms with Crippen molar-refractivity contribution >= 4 is 5.69 Å². The van der Waals surface area contributed by atoms with Crippen LogP contribution in [-0.2, 0) is 0 Å². The highest BCUT2D eigenvalue weighted by atomic mass is 16.5. The van der Waals surface area contributed by atoms with Crippen molar-refractivity contribution in [2.75, 3.05) is 25.6 Å². The molecule has 2 aliphatic rings. The normalized spacial score (nSPS) is 21.4. The van der Waals surface area contributed by atoms with E-state index in [1.54, 1.807) is 7.11 Å². The van der Waals surface area contributed by atoms with Crippen LogP contribution in [0.5, 0.6) is 11.5 Å². The number of rotatable bonds is 1. The Morgan fingerprint density at radius 2 is 2.06 bits per heavy atom. The number of methoxy groups -OCH3 is 1. The minimum absolute atomic E-state index is 0.338. The van der Waals surface area contributed by atoms with E-state index in [1.807, 2.05) is 18.2 Å². The predicted octanol–water partition coefficient (Wildman–Crippen LogP) is 3.45. The Balaban J connectivity index is 1.81. The van der Waals surface area contributed by atoms with E-state index in [2.05, 4.69) is 5.32 Å². The predicted molar refractivity (Wildman–Crippen MR) is 72.5 cm³/mol. The fraction of sp³-hybridized carbons (Fsp3) is 0.600. The molecule has 1 spiro atoms. The van der Waals surface area contributed by atoms with Gasteiger partial charge in [0, 0.05) is 18.0 Å². The summed E-state index contributed by atoms with van der Waals surface area (Å²) in [6, 6.07) is 5.99. The zero-order valence-electron chi connectivity index (χ0n) is 11.0. The molecule has 1 heterocycles. The molecule has 3 nitrogen and oxygen atoms in total. The minimum atomic E-state index is 0.338. The Morgan fingerprint density at radius 1 is 1.22 bits per heavy atom. The molecule has 1 saturated carbocycles. The average Bonchev–Trinajstić information content (AvgIpc) is 2.60. The standard InChI is InChI=1S/C15H21NO2/c1-17-12-5-6-14-13(9-12)16-10-15(11-18-14)7-3-2-4-8-15/h5-6,9,16H,2-4,7-8,10-11H2,1H3. The molecular weight excluding hydrogens is 226 g/mol. The van der Waals surface area contributed by atoms with E-state index in [-0.39, 0.29) is 0 Å². The maximum atomic E-state index is 6.02. The third kappa shape index (κ3) is 2.14. The summed E-state index contributed by atoms with van der Waals surface area (Å²) in [6.45, 7) is 1.87. The Kier molecular flexibility index (Phi) is 3.06. The summed E-state index contributed by atoms with van der Waals surface area (Å²) >= 11 is 0. The molecule has 1 aliphatic heterocycles. The Hall–Kier alpha value is -1.38. The quantitative estimate of drug-likeness (QED) is 0.824. The molecule has 0 amide bonds. The van der Waals surface area contributed by atoms with Gasteiger partial charge in [-0.05, 0) is 25.0 Å². The van der Waals surface area contributed by atoms with Gasteiger partial charge in [-0.15, -0.1) is 0 Å². The van der Waals surface area contributed by atoms with E-state index in [0.717, 1.165) is 30.3 Å². The molecule has 98 valence electrons. The van der Waals surface area contributed by atoms with Gasteiger partial charge in [-0.1, -0.05) is 19.3 Å². The first-order chi connectivity index (χ1) is 8.81. The van der Waals surface area contributed by atoms with Gasteiger partial charge < -0.3 is 14.8 Å². The van der Waals surface area contributed by atoms with E-state index in [1.165, 1.54) is 32.1 Å². The second-order valence-corrected chi connectivity index (χ2v) is 5.56. The van der Waals surface area contributed by atoms with Gasteiger partial charge in [0.2, 0.25) is 0 Å². The molecule has 3 heteroatoms. The first kappa shape index (κ1) is 11.7. The summed E-state index contributed by atoms with van der Waals surface area (Å²) in [5.74, 6) is 1.84. The number of hydrogen-bond acceptors (Lipinski definition) is 3. The molecule has 0 radical (unpaired) electrons. The van der Waals surface area contributed by atoms with Crippen LogP contribution < -0.4 is 14.8 Å². The van der Waals surface area contributed by atoms with Gasteiger partial charge in [0.1, 0.15) is 11.5 Å². The van der Waals surface area contributed by atoms with Crippen LogP contribution >= 0.6 is 0 Å². The van der Waals surface area contributed by atoms with Crippen LogP contribution in [0.2, 0.25) is 0 Å². The van der Waals surface area contributed by atoms with Crippen LogP contribution in [0.15, 0.2) is 18.2 Å². The third-order valence-corrected chi connectivity index (χ3v) is 4.29. The third-order valence-electron chi connectivity index (χ3n) is 4.29. The molecule has 1 aromatic rings.